The van der Waals surface area contributed by atoms with Crippen LogP contribution in [0.5, 0.6) is 0 Å². The molecule has 0 saturated heterocycles. The molecule has 0 radical (unpaired) electrons. The Morgan fingerprint density at radius 3 is 2.82 bits per heavy atom. The van der Waals surface area contributed by atoms with E-state index < -0.39 is 0 Å². The van der Waals surface area contributed by atoms with Crippen molar-refractivity contribution < 1.29 is 0 Å². The summed E-state index contributed by atoms with van der Waals surface area (Å²) in [6.45, 7) is 2.28. The Labute approximate surface area is 121 Å². The third-order valence-electron chi connectivity index (χ3n) is 3.29. The Hall–Kier alpha value is 0.270. The summed E-state index contributed by atoms with van der Waals surface area (Å²) in [5, 5.41) is 2.20. The monoisotopic (exact) mass is 330 g/mol. The molecule has 0 amide bonds. The lowest BCUT2D eigenvalue weighted by molar-refractivity contribution is 0.530. The van der Waals surface area contributed by atoms with Crippen molar-refractivity contribution in [1.29, 1.82) is 0 Å². The first kappa shape index (κ1) is 13.7. The van der Waals surface area contributed by atoms with Gasteiger partial charge in [-0.05, 0) is 40.2 Å². The summed E-state index contributed by atoms with van der Waals surface area (Å²) < 4.78 is 1.65. The van der Waals surface area contributed by atoms with Gasteiger partial charge in [-0.15, -0.1) is 23.1 Å². The molecular weight excluding hydrogens is 312 g/mol. The quantitative estimate of drug-likeness (QED) is 0.552. The van der Waals surface area contributed by atoms with E-state index in [0.717, 1.165) is 0 Å². The lowest BCUT2D eigenvalue weighted by Gasteiger charge is -2.27. The van der Waals surface area contributed by atoms with Gasteiger partial charge in [-0.1, -0.05) is 44.7 Å². The Morgan fingerprint density at radius 2 is 2.24 bits per heavy atom. The molecule has 0 bridgehead atoms. The summed E-state index contributed by atoms with van der Waals surface area (Å²) in [6, 6.07) is 4.48. The molecule has 1 aliphatic heterocycles. The van der Waals surface area contributed by atoms with Crippen LogP contribution < -0.4 is 0 Å². The average molecular weight is 331 g/mol. The summed E-state index contributed by atoms with van der Waals surface area (Å²) in [6.07, 6.45) is 10.3. The lowest BCUT2D eigenvalue weighted by Crippen LogP contribution is -2.17. The molecule has 1 unspecified atom stereocenters. The Balaban J connectivity index is 2.00. The zero-order chi connectivity index (χ0) is 12.1. The van der Waals surface area contributed by atoms with Gasteiger partial charge < -0.3 is 0 Å². The van der Waals surface area contributed by atoms with E-state index in [4.69, 9.17) is 0 Å². The van der Waals surface area contributed by atoms with E-state index >= 15 is 0 Å². The first-order valence-electron chi connectivity index (χ1n) is 6.35. The molecular formula is C14H19BrS2. The van der Waals surface area contributed by atoms with Crippen LogP contribution in [0.15, 0.2) is 27.4 Å². The fraction of sp³-hybridized carbons (Fsp3) is 0.571. The number of hydrogen-bond acceptors (Lipinski definition) is 2. The molecule has 1 aromatic rings. The van der Waals surface area contributed by atoms with Crippen molar-refractivity contribution in [2.45, 2.75) is 50.2 Å². The third-order valence-corrected chi connectivity index (χ3v) is 6.65. The predicted octanol–water partition coefficient (Wildman–Crippen LogP) is 6.29. The minimum absolute atomic E-state index is 0.334. The minimum Gasteiger partial charge on any atom is -0.147 e. The van der Waals surface area contributed by atoms with Gasteiger partial charge in [0.15, 0.2) is 0 Å². The molecule has 94 valence electrons. The largest absolute Gasteiger partial charge is 0.147 e. The Kier molecular flexibility index (Phi) is 5.19. The highest BCUT2D eigenvalue weighted by Gasteiger charge is 2.37. The van der Waals surface area contributed by atoms with Crippen LogP contribution in [-0.4, -0.2) is 0 Å². The molecule has 2 heterocycles. The number of thiophene rings is 1. The van der Waals surface area contributed by atoms with E-state index in [1.54, 1.807) is 4.88 Å². The lowest BCUT2D eigenvalue weighted by atomic mass is 9.95. The van der Waals surface area contributed by atoms with Crippen LogP contribution in [0.2, 0.25) is 0 Å². The summed E-state index contributed by atoms with van der Waals surface area (Å²) in [7, 11) is 0. The van der Waals surface area contributed by atoms with Gasteiger partial charge in [0, 0.05) is 8.69 Å². The van der Waals surface area contributed by atoms with E-state index in [1.807, 2.05) is 23.1 Å². The average Bonchev–Trinajstić information content (AvgIpc) is 2.95. The highest BCUT2D eigenvalue weighted by Crippen LogP contribution is 2.55. The van der Waals surface area contributed by atoms with Gasteiger partial charge in [-0.25, -0.2) is 0 Å². The highest BCUT2D eigenvalue weighted by molar-refractivity contribution is 9.14. The van der Waals surface area contributed by atoms with Crippen molar-refractivity contribution in [3.05, 3.63) is 32.3 Å². The number of thioether (sulfide) groups is 1. The molecule has 0 aromatic carbocycles. The van der Waals surface area contributed by atoms with Crippen molar-refractivity contribution in [2.75, 3.05) is 0 Å². The van der Waals surface area contributed by atoms with Crippen LogP contribution in [0.1, 0.15) is 50.3 Å². The van der Waals surface area contributed by atoms with Crippen molar-refractivity contribution in [1.82, 2.24) is 0 Å². The Bertz CT molecular complexity index is 370. The predicted molar refractivity (Wildman–Crippen MR) is 84.0 cm³/mol. The molecule has 0 spiro atoms. The fourth-order valence-electron chi connectivity index (χ4n) is 2.32. The van der Waals surface area contributed by atoms with E-state index in [9.17, 15) is 0 Å². The van der Waals surface area contributed by atoms with Crippen LogP contribution in [0, 0.1) is 0 Å². The highest BCUT2D eigenvalue weighted by atomic mass is 79.9. The zero-order valence-corrected chi connectivity index (χ0v) is 13.5. The van der Waals surface area contributed by atoms with Gasteiger partial charge >= 0.3 is 0 Å². The number of allylic oxidation sites excluding steroid dienone is 1. The van der Waals surface area contributed by atoms with Crippen molar-refractivity contribution >= 4 is 39.0 Å². The maximum Gasteiger partial charge on any atom is 0.0588 e. The fourth-order valence-corrected chi connectivity index (χ4v) is 5.66. The van der Waals surface area contributed by atoms with Gasteiger partial charge in [0.1, 0.15) is 0 Å². The molecule has 1 atom stereocenters. The zero-order valence-electron chi connectivity index (χ0n) is 10.2. The second-order valence-electron chi connectivity index (χ2n) is 4.60. The molecule has 3 heteroatoms. The maximum atomic E-state index is 3.65. The van der Waals surface area contributed by atoms with Crippen molar-refractivity contribution in [3.63, 3.8) is 0 Å². The molecule has 2 rings (SSSR count). The van der Waals surface area contributed by atoms with Crippen LogP contribution in [0.25, 0.3) is 0 Å². The topological polar surface area (TPSA) is 0 Å². The van der Waals surface area contributed by atoms with Crippen molar-refractivity contribution in [3.8, 4) is 0 Å². The van der Waals surface area contributed by atoms with Gasteiger partial charge in [0.25, 0.3) is 0 Å². The summed E-state index contributed by atoms with van der Waals surface area (Å²) >= 11 is 7.58. The Morgan fingerprint density at radius 1 is 1.35 bits per heavy atom. The summed E-state index contributed by atoms with van der Waals surface area (Å²) in [5.41, 5.74) is 0. The van der Waals surface area contributed by atoms with E-state index in [1.165, 1.54) is 42.3 Å². The molecule has 1 aromatic heterocycles. The minimum atomic E-state index is 0.334. The molecule has 0 saturated carbocycles. The van der Waals surface area contributed by atoms with Gasteiger partial charge in [0.05, 0.1) is 4.75 Å². The standard InChI is InChI=1S/C14H19BrS2/c1-2-3-4-5-9-14(10-8-13(15)17-14)12-7-6-11-16-12/h6-8,11H,2-5,9-10H2,1H3. The van der Waals surface area contributed by atoms with Crippen molar-refractivity contribution in [2.24, 2.45) is 0 Å². The second-order valence-corrected chi connectivity index (χ2v) is 8.35. The summed E-state index contributed by atoms with van der Waals surface area (Å²) in [4.78, 5) is 1.55. The smallest absolute Gasteiger partial charge is 0.0588 e. The van der Waals surface area contributed by atoms with Gasteiger partial charge in [0.2, 0.25) is 0 Å². The maximum absolute atomic E-state index is 3.65. The van der Waals surface area contributed by atoms with E-state index in [2.05, 4.69) is 46.4 Å². The van der Waals surface area contributed by atoms with E-state index in [-0.39, 0.29) is 0 Å². The number of halogens is 1. The molecule has 1 aliphatic rings. The van der Waals surface area contributed by atoms with Gasteiger partial charge in [-0.2, -0.15) is 0 Å². The first-order chi connectivity index (χ1) is 8.27. The summed E-state index contributed by atoms with van der Waals surface area (Å²) in [5.74, 6) is 0. The second kappa shape index (κ2) is 6.44. The normalized spacial score (nSPS) is 24.0. The molecule has 17 heavy (non-hydrogen) atoms. The number of rotatable bonds is 6. The SMILES string of the molecule is CCCCCCC1(c2cccs2)CC=C(Br)S1. The van der Waals surface area contributed by atoms with Crippen LogP contribution in [0.3, 0.4) is 0 Å². The number of hydrogen-bond donors (Lipinski definition) is 0. The number of unbranched alkanes of at least 4 members (excludes halogenated alkanes) is 3. The molecule has 0 N–H and O–H groups in total. The molecule has 0 fully saturated rings. The third kappa shape index (κ3) is 3.39. The van der Waals surface area contributed by atoms with Crippen LogP contribution in [0.4, 0.5) is 0 Å². The van der Waals surface area contributed by atoms with E-state index in [0.29, 0.717) is 4.75 Å². The van der Waals surface area contributed by atoms with Crippen LogP contribution >= 0.6 is 39.0 Å². The molecule has 0 nitrogen and oxygen atoms in total. The van der Waals surface area contributed by atoms with Crippen LogP contribution in [-0.2, 0) is 4.75 Å². The van der Waals surface area contributed by atoms with Gasteiger partial charge in [-0.3, -0.25) is 0 Å². The molecule has 0 aliphatic carbocycles. The first-order valence-corrected chi connectivity index (χ1v) is 8.84.